The number of ketones is 2. The summed E-state index contributed by atoms with van der Waals surface area (Å²) in [7, 11) is 6.02. The van der Waals surface area contributed by atoms with E-state index in [1.54, 1.807) is 14.2 Å². The van der Waals surface area contributed by atoms with E-state index in [1.165, 1.54) is 25.4 Å². The predicted molar refractivity (Wildman–Crippen MR) is 241 cm³/mol. The van der Waals surface area contributed by atoms with E-state index < -0.39 is 34.2 Å². The van der Waals surface area contributed by atoms with Crippen molar-refractivity contribution in [3.8, 4) is 0 Å². The fourth-order valence-electron chi connectivity index (χ4n) is 15.2. The van der Waals surface area contributed by atoms with E-state index in [2.05, 4.69) is 27.7 Å². The molecule has 14 atom stereocenters. The minimum atomic E-state index is -0.974. The second kappa shape index (κ2) is 18.6. The molecule has 12 unspecified atom stereocenters. The Bertz CT molecular complexity index is 1530. The van der Waals surface area contributed by atoms with Crippen LogP contribution >= 0.6 is 27.0 Å². The number of rotatable bonds is 4. The third kappa shape index (κ3) is 7.35. The van der Waals surface area contributed by atoms with Crippen molar-refractivity contribution in [1.82, 2.24) is 0 Å². The molecule has 0 amide bonds. The van der Waals surface area contributed by atoms with Crippen molar-refractivity contribution >= 4 is 50.5 Å². The lowest BCUT2D eigenvalue weighted by Crippen LogP contribution is -2.62. The number of hydrogen-bond acceptors (Lipinski definition) is 10. The maximum atomic E-state index is 12.7. The Kier molecular flexibility index (Phi) is 16.8. The zero-order valence-corrected chi connectivity index (χ0v) is 36.8. The van der Waals surface area contributed by atoms with E-state index in [1.807, 2.05) is 12.2 Å². The summed E-state index contributed by atoms with van der Waals surface area (Å²) in [4.78, 5) is 49.4. The first-order valence-electron chi connectivity index (χ1n) is 20.6. The fourth-order valence-corrected chi connectivity index (χ4v) is 15.2. The van der Waals surface area contributed by atoms with Crippen molar-refractivity contribution in [2.24, 2.45) is 57.2 Å². The van der Waals surface area contributed by atoms with Crippen LogP contribution in [0.1, 0.15) is 140 Å². The van der Waals surface area contributed by atoms with E-state index in [9.17, 15) is 29.4 Å². The van der Waals surface area contributed by atoms with E-state index in [0.29, 0.717) is 62.2 Å². The van der Waals surface area contributed by atoms with Gasteiger partial charge in [0.2, 0.25) is 0 Å². The molecule has 0 bridgehead atoms. The van der Waals surface area contributed by atoms with Crippen molar-refractivity contribution in [1.29, 1.82) is 0 Å². The van der Waals surface area contributed by atoms with Gasteiger partial charge >= 0.3 is 11.9 Å². The van der Waals surface area contributed by atoms with Gasteiger partial charge in [0, 0.05) is 37.9 Å². The molecule has 0 spiro atoms. The largest absolute Gasteiger partial charge is 0.467 e. The van der Waals surface area contributed by atoms with E-state index in [4.69, 9.17) is 18.9 Å². The number of fused-ring (bicyclic) bond motifs is 10. The third-order valence-corrected chi connectivity index (χ3v) is 17.8. The summed E-state index contributed by atoms with van der Waals surface area (Å²) in [6.45, 7) is 8.71. The van der Waals surface area contributed by atoms with Gasteiger partial charge in [-0.1, -0.05) is 61.1 Å². The lowest BCUT2D eigenvalue weighted by molar-refractivity contribution is -0.204. The summed E-state index contributed by atoms with van der Waals surface area (Å²) >= 11 is 0. The Hall–Kier alpha value is -1.70. The van der Waals surface area contributed by atoms with Crippen LogP contribution < -0.4 is 0 Å². The van der Waals surface area contributed by atoms with Crippen LogP contribution in [0.4, 0.5) is 0 Å². The highest BCUT2D eigenvalue weighted by Gasteiger charge is 2.71. The molecule has 8 aliphatic rings. The normalized spacial score (nSPS) is 44.8. The lowest BCUT2D eigenvalue weighted by Gasteiger charge is -2.60. The highest BCUT2D eigenvalue weighted by atomic mass is 32.1. The first-order valence-corrected chi connectivity index (χ1v) is 20.6. The topological polar surface area (TPSA) is 146 Å². The number of hydrogen-bond donors (Lipinski definition) is 2. The van der Waals surface area contributed by atoms with Gasteiger partial charge in [-0.2, -0.15) is 27.0 Å². The summed E-state index contributed by atoms with van der Waals surface area (Å²) in [6.07, 6.45) is 13.5. The second-order valence-corrected chi connectivity index (χ2v) is 19.3. The summed E-state index contributed by atoms with van der Waals surface area (Å²) in [5, 5.41) is 22.7. The molecule has 6 saturated carbocycles. The van der Waals surface area contributed by atoms with E-state index in [-0.39, 0.29) is 95.4 Å². The predicted octanol–water partition coefficient (Wildman–Crippen LogP) is 8.23. The molecule has 0 saturated heterocycles. The highest BCUT2D eigenvalue weighted by molar-refractivity contribution is 7.59. The number of esters is 2. The Labute approximate surface area is 369 Å². The summed E-state index contributed by atoms with van der Waals surface area (Å²) in [5.41, 5.74) is -0.578. The van der Waals surface area contributed by atoms with Crippen LogP contribution in [-0.2, 0) is 38.1 Å². The molecule has 8 rings (SSSR count). The molecule has 0 heterocycles. The maximum absolute atomic E-state index is 12.7. The lowest BCUT2D eigenvalue weighted by atomic mass is 9.45. The average Bonchev–Trinajstić information content (AvgIpc) is 3.62. The molecule has 8 aliphatic carbocycles. The first-order chi connectivity index (χ1) is 25.5. The fraction of sp³-hybridized carbons (Fsp3) is 0.830. The van der Waals surface area contributed by atoms with Gasteiger partial charge in [-0.05, 0) is 136 Å². The van der Waals surface area contributed by atoms with Gasteiger partial charge in [0.1, 0.15) is 0 Å². The summed E-state index contributed by atoms with van der Waals surface area (Å²) in [5.74, 6) is 1.44. The zero-order valence-electron chi connectivity index (χ0n) is 34.8. The molecule has 0 aliphatic heterocycles. The molecule has 0 radical (unpaired) electrons. The number of carbonyl (C=O) groups excluding carboxylic acids is 4. The molecule has 0 aromatic rings. The van der Waals surface area contributed by atoms with Crippen molar-refractivity contribution in [2.75, 3.05) is 28.4 Å². The number of carbonyl (C=O) groups is 4. The zero-order chi connectivity index (χ0) is 39.2. The minimum Gasteiger partial charge on any atom is -0.467 e. The summed E-state index contributed by atoms with van der Waals surface area (Å²) < 4.78 is 22.0. The Balaban J connectivity index is 0.000000375. The molecule has 10 nitrogen and oxygen atoms in total. The van der Waals surface area contributed by atoms with Gasteiger partial charge in [0.15, 0.2) is 22.8 Å². The number of aliphatic hydroxyl groups is 2. The van der Waals surface area contributed by atoms with Crippen molar-refractivity contribution in [3.05, 3.63) is 23.3 Å². The number of methoxy groups -OCH3 is 4. The highest BCUT2D eigenvalue weighted by Crippen LogP contribution is 2.70. The molecular weight excluding hydrogens is 789 g/mol. The van der Waals surface area contributed by atoms with Gasteiger partial charge in [-0.3, -0.25) is 9.59 Å². The van der Waals surface area contributed by atoms with Gasteiger partial charge in [-0.15, -0.1) is 0 Å². The second-order valence-electron chi connectivity index (χ2n) is 19.3. The van der Waals surface area contributed by atoms with Crippen LogP contribution in [-0.4, -0.2) is 85.6 Å². The van der Waals surface area contributed by atoms with Crippen molar-refractivity contribution in [2.45, 2.75) is 163 Å². The van der Waals surface area contributed by atoms with Gasteiger partial charge < -0.3 is 29.2 Å². The molecule has 2 N–H and O–H groups in total. The van der Waals surface area contributed by atoms with Gasteiger partial charge in [-0.25, -0.2) is 9.59 Å². The van der Waals surface area contributed by atoms with Gasteiger partial charge in [0.25, 0.3) is 0 Å². The molecule has 12 heteroatoms. The smallest absolute Gasteiger partial charge is 0.338 e. The quantitative estimate of drug-likeness (QED) is 0.265. The van der Waals surface area contributed by atoms with Crippen LogP contribution in [0.5, 0.6) is 0 Å². The van der Waals surface area contributed by atoms with E-state index in [0.717, 1.165) is 51.4 Å². The number of allylic oxidation sites excluding steroid dienone is 2. The number of ether oxygens (including phenoxy) is 4. The molecule has 0 aromatic heterocycles. The first kappa shape index (κ1) is 53.4. The van der Waals surface area contributed by atoms with Crippen LogP contribution in [0.2, 0.25) is 0 Å². The average molecular weight is 869 g/mol. The molecule has 0 aromatic carbocycles. The maximum Gasteiger partial charge on any atom is 0.338 e. The van der Waals surface area contributed by atoms with Crippen LogP contribution in [0.3, 0.4) is 0 Å². The minimum absolute atomic E-state index is 0. The summed E-state index contributed by atoms with van der Waals surface area (Å²) in [6, 6.07) is 0. The SMILES string of the molecule is C.C.C.COC(=O)[C@]1(OC)CCC2C3CCC4=CC(=O)CCC4(C)C3C(O)CC21C.COC(=O)[C@]1(OC)CCC2C3CCC4=CC(=O)CCC4(C)C3C(O)CC21C.S.S. The van der Waals surface area contributed by atoms with Crippen LogP contribution in [0.25, 0.3) is 0 Å². The van der Waals surface area contributed by atoms with Crippen molar-refractivity contribution < 1.29 is 48.3 Å². The Morgan fingerprint density at radius 2 is 0.915 bits per heavy atom. The number of aliphatic hydroxyl groups excluding tert-OH is 2. The standard InChI is InChI=1S/2C22H32O5.3CH4.2H2S/c2*1-20-9-7-14(23)11-13(20)5-6-15-16-8-10-22(27-4,19(25)26-3)21(16,2)12-17(24)18(15)20;;;;;/h2*11,15-18,24H,5-10,12H2,1-4H3;3*1H4;2*1H2/t2*15?,16?,17?,18?,20?,21?,22-;;;;;/m11...../s1. The van der Waals surface area contributed by atoms with Gasteiger partial charge in [0.05, 0.1) is 26.4 Å². The third-order valence-electron chi connectivity index (χ3n) is 17.8. The molecule has 6 fully saturated rings. The molecule has 340 valence electrons. The molecule has 59 heavy (non-hydrogen) atoms. The molecular formula is C47H80O10S2. The Morgan fingerprint density at radius 1 is 0.576 bits per heavy atom. The van der Waals surface area contributed by atoms with E-state index >= 15 is 0 Å². The Morgan fingerprint density at radius 3 is 1.22 bits per heavy atom. The van der Waals surface area contributed by atoms with Crippen LogP contribution in [0, 0.1) is 57.2 Å². The van der Waals surface area contributed by atoms with Crippen LogP contribution in [0.15, 0.2) is 23.3 Å². The monoisotopic (exact) mass is 869 g/mol. The van der Waals surface area contributed by atoms with Crippen molar-refractivity contribution in [3.63, 3.8) is 0 Å².